The van der Waals surface area contributed by atoms with Gasteiger partial charge in [-0.3, -0.25) is 0 Å². The molecule has 0 amide bonds. The summed E-state index contributed by atoms with van der Waals surface area (Å²) in [6.07, 6.45) is 0.245. The third-order valence-electron chi connectivity index (χ3n) is 5.21. The quantitative estimate of drug-likeness (QED) is 0.322. The summed E-state index contributed by atoms with van der Waals surface area (Å²) in [5, 5.41) is 48.3. The lowest BCUT2D eigenvalue weighted by Crippen LogP contribution is -2.43. The number of aliphatic carboxylic acids is 1. The zero-order chi connectivity index (χ0) is 23.9. The molecule has 0 radical (unpaired) electrons. The summed E-state index contributed by atoms with van der Waals surface area (Å²) in [5.41, 5.74) is 1.05. The van der Waals surface area contributed by atoms with Crippen molar-refractivity contribution in [2.75, 3.05) is 11.9 Å². The van der Waals surface area contributed by atoms with Crippen LogP contribution in [0.1, 0.15) is 32.0 Å². The number of carboxylic acids is 1. The topological polar surface area (TPSA) is 146 Å². The summed E-state index contributed by atoms with van der Waals surface area (Å²) in [7, 11) is 0. The number of carboxylic acid groups (broad SMARTS) is 1. The summed E-state index contributed by atoms with van der Waals surface area (Å²) in [6, 6.07) is 5.90. The average Bonchev–Trinajstić information content (AvgIpc) is 3.19. The predicted octanol–water partition coefficient (Wildman–Crippen LogP) is 1.14. The number of carbonyl (C=O) groups is 1. The number of anilines is 2. The van der Waals surface area contributed by atoms with Crippen molar-refractivity contribution < 1.29 is 28.5 Å². The zero-order valence-electron chi connectivity index (χ0n) is 18.0. The molecule has 0 spiro atoms. The first-order chi connectivity index (χ1) is 15.7. The molecule has 1 unspecified atom stereocenters. The minimum atomic E-state index is -1.29. The van der Waals surface area contributed by atoms with E-state index in [-0.39, 0.29) is 41.3 Å². The molecule has 0 saturated heterocycles. The molecular formula is C21H20FN6O5-. The normalized spacial score (nSPS) is 12.2. The highest BCUT2D eigenvalue weighted by Crippen LogP contribution is 2.25. The number of nitrogens with one attached hydrogen (secondary N) is 1. The summed E-state index contributed by atoms with van der Waals surface area (Å²) in [4.78, 5) is 12.4. The maximum Gasteiger partial charge on any atom is 0.352 e. The van der Waals surface area contributed by atoms with E-state index in [4.69, 9.17) is 4.74 Å². The first-order valence-corrected chi connectivity index (χ1v) is 10.2. The van der Waals surface area contributed by atoms with Gasteiger partial charge in [-0.1, -0.05) is 6.92 Å². The fourth-order valence-electron chi connectivity index (χ4n) is 3.52. The molecule has 2 aromatic carbocycles. The van der Waals surface area contributed by atoms with Gasteiger partial charge in [-0.25, -0.2) is 14.4 Å². The molecule has 0 bridgehead atoms. The van der Waals surface area contributed by atoms with E-state index in [1.165, 1.54) is 13.0 Å². The molecule has 0 fully saturated rings. The second-order valence-electron chi connectivity index (χ2n) is 7.32. The molecule has 11 nitrogen and oxygen atoms in total. The van der Waals surface area contributed by atoms with Crippen molar-refractivity contribution in [1.82, 2.24) is 15.0 Å². The third kappa shape index (κ3) is 3.79. The molecule has 4 aromatic rings. The van der Waals surface area contributed by atoms with Gasteiger partial charge in [0.15, 0.2) is 11.6 Å². The minimum Gasteiger partial charge on any atom is -0.710 e. The Hall–Kier alpha value is -4.22. The number of rotatable bonds is 7. The molecule has 4 rings (SSSR count). The first kappa shape index (κ1) is 22.0. The standard InChI is InChI=1S/C21H21FN6O5/c1-4-16(21(29)30)28-24-14-7-6-12(8-15(14)25-28)23-20-11(3)26(31)17-9-13(22)19(33-5-2)10-18(17)27(20)32/h6-10,16,23H,4-5H2,1-3H3,(H,29,30)/p-1. The molecule has 1 atom stereocenters. The van der Waals surface area contributed by atoms with Crippen molar-refractivity contribution in [3.63, 3.8) is 0 Å². The van der Waals surface area contributed by atoms with Crippen LogP contribution in [0.25, 0.3) is 22.1 Å². The van der Waals surface area contributed by atoms with Crippen LogP contribution in [0.2, 0.25) is 0 Å². The molecule has 2 heterocycles. The Labute approximate surface area is 186 Å². The summed E-state index contributed by atoms with van der Waals surface area (Å²) >= 11 is 0. The lowest BCUT2D eigenvalue weighted by atomic mass is 10.2. The van der Waals surface area contributed by atoms with Crippen molar-refractivity contribution >= 4 is 39.5 Å². The second-order valence-corrected chi connectivity index (χ2v) is 7.32. The number of aromatic nitrogens is 5. The number of halogens is 1. The Morgan fingerprint density at radius 2 is 1.85 bits per heavy atom. The fourth-order valence-corrected chi connectivity index (χ4v) is 3.52. The maximum atomic E-state index is 14.2. The molecule has 0 aliphatic rings. The number of ether oxygens (including phenoxy) is 1. The van der Waals surface area contributed by atoms with Crippen LogP contribution in [-0.2, 0) is 4.79 Å². The summed E-state index contributed by atoms with van der Waals surface area (Å²) in [6.45, 7) is 4.97. The van der Waals surface area contributed by atoms with Gasteiger partial charge in [-0.05, 0) is 25.5 Å². The van der Waals surface area contributed by atoms with Crippen LogP contribution in [0.4, 0.5) is 15.9 Å². The van der Waals surface area contributed by atoms with E-state index in [1.54, 1.807) is 32.0 Å². The van der Waals surface area contributed by atoms with Crippen LogP contribution in [-0.4, -0.2) is 27.6 Å². The molecule has 2 aromatic heterocycles. The number of hydrogen-bond donors (Lipinski definition) is 1. The van der Waals surface area contributed by atoms with E-state index >= 15 is 0 Å². The Balaban J connectivity index is 1.78. The van der Waals surface area contributed by atoms with E-state index in [0.29, 0.717) is 26.2 Å². The van der Waals surface area contributed by atoms with Crippen LogP contribution in [0.15, 0.2) is 30.3 Å². The lowest BCUT2D eigenvalue weighted by Gasteiger charge is -2.15. The Morgan fingerprint density at radius 1 is 1.15 bits per heavy atom. The smallest absolute Gasteiger partial charge is 0.352 e. The third-order valence-corrected chi connectivity index (χ3v) is 5.21. The highest BCUT2D eigenvalue weighted by Gasteiger charge is 2.26. The van der Waals surface area contributed by atoms with Gasteiger partial charge < -0.3 is 25.1 Å². The van der Waals surface area contributed by atoms with Gasteiger partial charge in [-0.2, -0.15) is 19.7 Å². The van der Waals surface area contributed by atoms with Crippen molar-refractivity contribution in [1.29, 1.82) is 0 Å². The molecule has 0 aliphatic carbocycles. The van der Waals surface area contributed by atoms with Crippen molar-refractivity contribution in [3.8, 4) is 5.75 Å². The number of fused-ring (bicyclic) bond motifs is 2. The Bertz CT molecular complexity index is 1390. The SMILES string of the molecule is CCOc1cc2c(cc1F)[n+]([O-])c(C)c(Nc1ccc3nn(C(CC)C(=O)[O-])nc3c1)[n+]2[O-]. The zero-order valence-corrected chi connectivity index (χ0v) is 18.0. The molecule has 33 heavy (non-hydrogen) atoms. The first-order valence-electron chi connectivity index (χ1n) is 10.2. The molecule has 0 aliphatic heterocycles. The van der Waals surface area contributed by atoms with Crippen LogP contribution in [0.5, 0.6) is 5.75 Å². The van der Waals surface area contributed by atoms with Crippen LogP contribution in [0.3, 0.4) is 0 Å². The van der Waals surface area contributed by atoms with E-state index in [2.05, 4.69) is 15.5 Å². The van der Waals surface area contributed by atoms with Gasteiger partial charge >= 0.3 is 5.82 Å². The van der Waals surface area contributed by atoms with Crippen LogP contribution < -0.4 is 24.6 Å². The second kappa shape index (κ2) is 8.37. The monoisotopic (exact) mass is 455 g/mol. The van der Waals surface area contributed by atoms with Crippen LogP contribution in [0, 0.1) is 23.2 Å². The number of carbonyl (C=O) groups excluding carboxylic acids is 1. The molecule has 12 heteroatoms. The minimum absolute atomic E-state index is 0.0211. The summed E-state index contributed by atoms with van der Waals surface area (Å²) in [5.74, 6) is -2.25. The van der Waals surface area contributed by atoms with Crippen molar-refractivity contribution in [2.24, 2.45) is 0 Å². The van der Waals surface area contributed by atoms with E-state index < -0.39 is 17.8 Å². The Morgan fingerprint density at radius 3 is 2.52 bits per heavy atom. The van der Waals surface area contributed by atoms with Gasteiger partial charge in [0.05, 0.1) is 18.6 Å². The number of benzene rings is 2. The molecular weight excluding hydrogens is 435 g/mol. The summed E-state index contributed by atoms with van der Waals surface area (Å²) < 4.78 is 20.4. The van der Waals surface area contributed by atoms with Crippen molar-refractivity contribution in [3.05, 3.63) is 52.3 Å². The molecule has 172 valence electrons. The Kier molecular flexibility index (Phi) is 5.58. The van der Waals surface area contributed by atoms with Crippen molar-refractivity contribution in [2.45, 2.75) is 33.2 Å². The fraction of sp³-hybridized carbons (Fsp3) is 0.286. The van der Waals surface area contributed by atoms with Gasteiger partial charge in [-0.15, -0.1) is 0 Å². The number of nitrogens with zero attached hydrogens (tertiary/aromatic N) is 5. The lowest BCUT2D eigenvalue weighted by molar-refractivity contribution is -0.623. The van der Waals surface area contributed by atoms with Gasteiger partial charge in [0, 0.05) is 19.1 Å². The van der Waals surface area contributed by atoms with E-state index in [9.17, 15) is 24.7 Å². The largest absolute Gasteiger partial charge is 0.710 e. The van der Waals surface area contributed by atoms with E-state index in [1.807, 2.05) is 0 Å². The predicted molar refractivity (Wildman–Crippen MR) is 113 cm³/mol. The van der Waals surface area contributed by atoms with Gasteiger partial charge in [0.25, 0.3) is 11.2 Å². The maximum absolute atomic E-state index is 14.2. The highest BCUT2D eigenvalue weighted by atomic mass is 19.1. The highest BCUT2D eigenvalue weighted by molar-refractivity contribution is 5.80. The van der Waals surface area contributed by atoms with Crippen LogP contribution >= 0.6 is 0 Å². The molecule has 0 saturated carbocycles. The van der Waals surface area contributed by atoms with E-state index in [0.717, 1.165) is 10.9 Å². The molecule has 1 N–H and O–H groups in total. The van der Waals surface area contributed by atoms with Gasteiger partial charge in [0.2, 0.25) is 5.52 Å². The number of hydrogen-bond acceptors (Lipinski definition) is 8. The van der Waals surface area contributed by atoms with Gasteiger partial charge in [0.1, 0.15) is 22.8 Å². The average molecular weight is 455 g/mol.